The van der Waals surface area contributed by atoms with Gasteiger partial charge in [-0.25, -0.2) is 0 Å². The Morgan fingerprint density at radius 3 is 2.89 bits per heavy atom. The number of aliphatic hydroxyl groups is 1. The Morgan fingerprint density at radius 2 is 2.26 bits per heavy atom. The van der Waals surface area contributed by atoms with E-state index in [1.807, 2.05) is 0 Å². The van der Waals surface area contributed by atoms with Crippen molar-refractivity contribution in [3.05, 3.63) is 11.7 Å². The number of nitrogens with zero attached hydrogens (tertiary/aromatic N) is 3. The molecule has 2 rings (SSSR count). The summed E-state index contributed by atoms with van der Waals surface area (Å²) in [6.07, 6.45) is -5.57. The second-order valence-electron chi connectivity index (χ2n) is 4.37. The maximum Gasteiger partial charge on any atom is 0.423 e. The minimum absolute atomic E-state index is 0.0878. The molecule has 2 atom stereocenters. The van der Waals surface area contributed by atoms with Crippen LogP contribution in [0.25, 0.3) is 0 Å². The lowest BCUT2D eigenvalue weighted by atomic mass is 9.98. The van der Waals surface area contributed by atoms with Crippen LogP contribution in [0.3, 0.4) is 0 Å². The molecule has 1 amide bonds. The Kier molecular flexibility index (Phi) is 3.74. The number of likely N-dealkylation sites (tertiary alicyclic amines) is 1. The third-order valence-electron chi connectivity index (χ3n) is 2.97. The van der Waals surface area contributed by atoms with E-state index in [9.17, 15) is 18.0 Å². The van der Waals surface area contributed by atoms with Gasteiger partial charge in [-0.15, -0.1) is 0 Å². The van der Waals surface area contributed by atoms with Crippen molar-refractivity contribution in [2.24, 2.45) is 0 Å². The van der Waals surface area contributed by atoms with E-state index in [4.69, 9.17) is 5.11 Å². The van der Waals surface area contributed by atoms with E-state index < -0.39 is 18.2 Å². The summed E-state index contributed by atoms with van der Waals surface area (Å²) in [6, 6.07) is 0. The largest absolute Gasteiger partial charge is 0.423 e. The van der Waals surface area contributed by atoms with Gasteiger partial charge in [0, 0.05) is 19.0 Å². The molecule has 19 heavy (non-hydrogen) atoms. The molecule has 1 aromatic rings. The molecule has 2 heterocycles. The van der Waals surface area contributed by atoms with Crippen molar-refractivity contribution in [2.45, 2.75) is 31.0 Å². The molecule has 9 heteroatoms. The maximum atomic E-state index is 12.3. The van der Waals surface area contributed by atoms with Gasteiger partial charge in [-0.05, 0) is 12.8 Å². The molecule has 1 aliphatic rings. The molecule has 6 nitrogen and oxygen atoms in total. The summed E-state index contributed by atoms with van der Waals surface area (Å²) < 4.78 is 41.2. The summed E-state index contributed by atoms with van der Waals surface area (Å²) >= 11 is 0. The highest BCUT2D eigenvalue weighted by molar-refractivity contribution is 5.47. The van der Waals surface area contributed by atoms with Crippen molar-refractivity contribution in [2.75, 3.05) is 13.1 Å². The third-order valence-corrected chi connectivity index (χ3v) is 2.97. The van der Waals surface area contributed by atoms with E-state index in [1.165, 1.54) is 4.90 Å². The van der Waals surface area contributed by atoms with Gasteiger partial charge in [-0.1, -0.05) is 5.16 Å². The van der Waals surface area contributed by atoms with Crippen LogP contribution in [0.2, 0.25) is 0 Å². The second kappa shape index (κ2) is 5.16. The van der Waals surface area contributed by atoms with Gasteiger partial charge in [0.25, 0.3) is 5.89 Å². The molecule has 1 unspecified atom stereocenters. The maximum absolute atomic E-state index is 12.3. The first-order chi connectivity index (χ1) is 8.91. The van der Waals surface area contributed by atoms with Crippen LogP contribution in [0.5, 0.6) is 0 Å². The number of aliphatic hydroxyl groups excluding tert-OH is 1. The Morgan fingerprint density at radius 1 is 1.53 bits per heavy atom. The van der Waals surface area contributed by atoms with Gasteiger partial charge in [0.1, 0.15) is 0 Å². The minimum Gasteiger partial charge on any atom is -0.376 e. The molecule has 106 valence electrons. The van der Waals surface area contributed by atoms with Crippen molar-refractivity contribution in [3.8, 4) is 0 Å². The van der Waals surface area contributed by atoms with Crippen molar-refractivity contribution >= 4 is 6.41 Å². The Bertz CT molecular complexity index is 449. The molecule has 1 N–H and O–H groups in total. The van der Waals surface area contributed by atoms with Gasteiger partial charge >= 0.3 is 6.18 Å². The second-order valence-corrected chi connectivity index (χ2v) is 4.37. The van der Waals surface area contributed by atoms with Crippen molar-refractivity contribution in [1.29, 1.82) is 0 Å². The average Bonchev–Trinajstić information content (AvgIpc) is 2.86. The molecule has 0 radical (unpaired) electrons. The Hall–Kier alpha value is -1.64. The number of hydrogen-bond acceptors (Lipinski definition) is 5. The van der Waals surface area contributed by atoms with E-state index >= 15 is 0 Å². The summed E-state index contributed by atoms with van der Waals surface area (Å²) in [5.74, 6) is -1.05. The van der Waals surface area contributed by atoms with E-state index in [2.05, 4.69) is 14.7 Å². The highest BCUT2D eigenvalue weighted by Crippen LogP contribution is 2.32. The van der Waals surface area contributed by atoms with Crippen LogP contribution >= 0.6 is 0 Å². The molecule has 0 aromatic carbocycles. The molecular weight excluding hydrogens is 267 g/mol. The number of halogens is 3. The molecule has 1 fully saturated rings. The lowest BCUT2D eigenvalue weighted by Crippen LogP contribution is -2.33. The molecule has 0 spiro atoms. The zero-order valence-corrected chi connectivity index (χ0v) is 9.80. The molecule has 0 aliphatic carbocycles. The molecule has 0 saturated carbocycles. The van der Waals surface area contributed by atoms with Crippen LogP contribution in [0.1, 0.15) is 36.6 Å². The standard InChI is InChI=1S/C10H12F3N3O3/c11-10(12,13)7(18)9-14-8(15-19-9)6-2-1-3-16(4-6)5-17/h5-7,18H,1-4H2/t6-,7?/m1/s1. The van der Waals surface area contributed by atoms with E-state index in [0.717, 1.165) is 6.42 Å². The number of piperidine rings is 1. The van der Waals surface area contributed by atoms with Crippen LogP contribution in [0.4, 0.5) is 13.2 Å². The van der Waals surface area contributed by atoms with Crippen molar-refractivity contribution in [1.82, 2.24) is 15.0 Å². The first-order valence-corrected chi connectivity index (χ1v) is 5.69. The lowest BCUT2D eigenvalue weighted by Gasteiger charge is -2.27. The van der Waals surface area contributed by atoms with Gasteiger partial charge in [-0.2, -0.15) is 18.2 Å². The monoisotopic (exact) mass is 279 g/mol. The Balaban J connectivity index is 2.10. The summed E-state index contributed by atoms with van der Waals surface area (Å²) in [7, 11) is 0. The number of rotatable bonds is 3. The average molecular weight is 279 g/mol. The van der Waals surface area contributed by atoms with Gasteiger partial charge in [0.15, 0.2) is 5.82 Å². The van der Waals surface area contributed by atoms with Gasteiger partial charge in [0.2, 0.25) is 12.5 Å². The Labute approximate surface area is 106 Å². The quantitative estimate of drug-likeness (QED) is 0.835. The van der Waals surface area contributed by atoms with Crippen molar-refractivity contribution in [3.63, 3.8) is 0 Å². The topological polar surface area (TPSA) is 79.5 Å². The number of alkyl halides is 3. The molecule has 1 saturated heterocycles. The van der Waals surface area contributed by atoms with Crippen LogP contribution in [-0.4, -0.2) is 45.8 Å². The summed E-state index contributed by atoms with van der Waals surface area (Å²) in [5.41, 5.74) is 0. The highest BCUT2D eigenvalue weighted by Gasteiger charge is 2.43. The number of aromatic nitrogens is 2. The highest BCUT2D eigenvalue weighted by atomic mass is 19.4. The predicted octanol–water partition coefficient (Wildman–Crippen LogP) is 1.00. The number of carbonyl (C=O) groups is 1. The van der Waals surface area contributed by atoms with E-state index in [-0.39, 0.29) is 11.7 Å². The minimum atomic E-state index is -4.84. The molecule has 0 bridgehead atoms. The van der Waals surface area contributed by atoms with Crippen molar-refractivity contribution < 1.29 is 27.6 Å². The zero-order valence-electron chi connectivity index (χ0n) is 9.80. The van der Waals surface area contributed by atoms with Crippen LogP contribution in [0, 0.1) is 0 Å². The zero-order chi connectivity index (χ0) is 14.0. The van der Waals surface area contributed by atoms with Crippen LogP contribution < -0.4 is 0 Å². The van der Waals surface area contributed by atoms with E-state index in [0.29, 0.717) is 25.9 Å². The first-order valence-electron chi connectivity index (χ1n) is 5.69. The fraction of sp³-hybridized carbons (Fsp3) is 0.700. The van der Waals surface area contributed by atoms with Gasteiger partial charge < -0.3 is 14.5 Å². The van der Waals surface area contributed by atoms with Crippen LogP contribution in [0.15, 0.2) is 4.52 Å². The summed E-state index contributed by atoms with van der Waals surface area (Å²) in [6.45, 7) is 0.945. The summed E-state index contributed by atoms with van der Waals surface area (Å²) in [4.78, 5) is 15.7. The number of hydrogen-bond donors (Lipinski definition) is 1. The van der Waals surface area contributed by atoms with E-state index in [1.54, 1.807) is 0 Å². The lowest BCUT2D eigenvalue weighted by molar-refractivity contribution is -0.213. The number of amides is 1. The number of carbonyl (C=O) groups excluding carboxylic acids is 1. The fourth-order valence-corrected chi connectivity index (χ4v) is 1.98. The molecule has 1 aliphatic heterocycles. The smallest absolute Gasteiger partial charge is 0.376 e. The fourth-order valence-electron chi connectivity index (χ4n) is 1.98. The predicted molar refractivity (Wildman–Crippen MR) is 54.9 cm³/mol. The molecular formula is C10H12F3N3O3. The normalized spacial score (nSPS) is 22.3. The SMILES string of the molecule is O=CN1CCC[C@@H](c2noc(C(O)C(F)(F)F)n2)C1. The van der Waals surface area contributed by atoms with Crippen LogP contribution in [-0.2, 0) is 4.79 Å². The third kappa shape index (κ3) is 3.03. The van der Waals surface area contributed by atoms with Gasteiger partial charge in [0.05, 0.1) is 0 Å². The first kappa shape index (κ1) is 13.8. The summed E-state index contributed by atoms with van der Waals surface area (Å²) in [5, 5.41) is 12.4. The van der Waals surface area contributed by atoms with Gasteiger partial charge in [-0.3, -0.25) is 4.79 Å². The molecule has 1 aromatic heterocycles.